The van der Waals surface area contributed by atoms with Gasteiger partial charge in [0.05, 0.1) is 17.7 Å². The molecule has 0 aliphatic rings. The van der Waals surface area contributed by atoms with Gasteiger partial charge in [0.25, 0.3) is 0 Å². The highest BCUT2D eigenvalue weighted by Crippen LogP contribution is 2.34. The average molecular weight is 599 g/mol. The largest absolute Gasteiger partial charge is 0.416 e. The first-order chi connectivity index (χ1) is 18.0. The van der Waals surface area contributed by atoms with E-state index in [-0.39, 0.29) is 21.5 Å². The van der Waals surface area contributed by atoms with E-state index in [1.165, 1.54) is 47.8 Å². The van der Waals surface area contributed by atoms with Gasteiger partial charge < -0.3 is 5.11 Å². The van der Waals surface area contributed by atoms with E-state index in [1.807, 2.05) is 12.1 Å². The van der Waals surface area contributed by atoms with Crippen molar-refractivity contribution < 1.29 is 36.2 Å². The zero-order valence-electron chi connectivity index (χ0n) is 19.5. The minimum absolute atomic E-state index is 0. The fourth-order valence-electron chi connectivity index (χ4n) is 3.05. The van der Waals surface area contributed by atoms with Crippen LogP contribution in [0.25, 0.3) is 0 Å². The van der Waals surface area contributed by atoms with E-state index in [2.05, 4.69) is 0 Å². The summed E-state index contributed by atoms with van der Waals surface area (Å²) in [6, 6.07) is 24.1. The Morgan fingerprint density at radius 2 is 1.02 bits per heavy atom. The Bertz CT molecular complexity index is 1340. The number of halogens is 6. The minimum Gasteiger partial charge on any atom is -0.392 e. The molecule has 0 spiro atoms. The Balaban J connectivity index is 0.000000381. The van der Waals surface area contributed by atoms with Crippen molar-refractivity contribution in [1.29, 1.82) is 0 Å². The van der Waals surface area contributed by atoms with Crippen molar-refractivity contribution in [2.24, 2.45) is 0 Å². The number of benzene rings is 4. The Morgan fingerprint density at radius 1 is 0.600 bits per heavy atom. The van der Waals surface area contributed by atoms with Crippen LogP contribution in [-0.4, -0.2) is 11.4 Å². The fourth-order valence-corrected chi connectivity index (χ4v) is 4.84. The van der Waals surface area contributed by atoms with Gasteiger partial charge in [-0.15, -0.1) is 0 Å². The van der Waals surface area contributed by atoms with Crippen molar-refractivity contribution in [3.8, 4) is 0 Å². The van der Waals surface area contributed by atoms with Crippen LogP contribution in [0.2, 0.25) is 0 Å². The van der Waals surface area contributed by atoms with Gasteiger partial charge >= 0.3 is 12.4 Å². The first kappa shape index (κ1) is 34.8. The van der Waals surface area contributed by atoms with Crippen LogP contribution in [0.5, 0.6) is 0 Å². The third-order valence-electron chi connectivity index (χ3n) is 4.91. The van der Waals surface area contributed by atoms with Gasteiger partial charge in [-0.1, -0.05) is 62.6 Å². The molecular weight excluding hydrogens is 570 g/mol. The molecule has 0 unspecified atom stereocenters. The standard InChI is InChI=1S/C14H11F3OS.C14H9F3OS.2CH4/c2*15-14(16,17)11-4-6-12(7-5-11)19-13-3-1-2-10(8-13)9-18;;/h1-8,18H,9H2;1-9H;2*1H4. The predicted molar refractivity (Wildman–Crippen MR) is 149 cm³/mol. The van der Waals surface area contributed by atoms with Gasteiger partial charge in [-0.3, -0.25) is 4.79 Å². The zero-order valence-corrected chi connectivity index (χ0v) is 21.1. The molecule has 10 heteroatoms. The van der Waals surface area contributed by atoms with E-state index in [4.69, 9.17) is 5.11 Å². The lowest BCUT2D eigenvalue weighted by atomic mass is 10.2. The number of aliphatic hydroxyl groups is 1. The molecule has 0 atom stereocenters. The summed E-state index contributed by atoms with van der Waals surface area (Å²) in [5, 5.41) is 9.02. The molecule has 2 nitrogen and oxygen atoms in total. The van der Waals surface area contributed by atoms with Gasteiger partial charge in [0.15, 0.2) is 0 Å². The fraction of sp³-hybridized carbons (Fsp3) is 0.167. The molecule has 1 N–H and O–H groups in total. The van der Waals surface area contributed by atoms with Crippen molar-refractivity contribution in [2.45, 2.75) is 53.4 Å². The Kier molecular flexibility index (Phi) is 13.5. The van der Waals surface area contributed by atoms with Gasteiger partial charge in [-0.05, 0) is 78.4 Å². The Morgan fingerprint density at radius 3 is 1.43 bits per heavy atom. The number of hydrogen-bond donors (Lipinski definition) is 1. The van der Waals surface area contributed by atoms with Crippen molar-refractivity contribution >= 4 is 29.8 Å². The van der Waals surface area contributed by atoms with E-state index < -0.39 is 23.5 Å². The molecule has 0 aromatic heterocycles. The second kappa shape index (κ2) is 15.5. The summed E-state index contributed by atoms with van der Waals surface area (Å²) in [5.74, 6) is 0. The van der Waals surface area contributed by atoms with Gasteiger partial charge in [0.2, 0.25) is 0 Å². The molecule has 4 aromatic carbocycles. The lowest BCUT2D eigenvalue weighted by Gasteiger charge is -2.07. The minimum atomic E-state index is -4.32. The molecule has 0 amide bonds. The van der Waals surface area contributed by atoms with Crippen LogP contribution in [-0.2, 0) is 19.0 Å². The summed E-state index contributed by atoms with van der Waals surface area (Å²) in [4.78, 5) is 13.7. The first-order valence-electron chi connectivity index (χ1n) is 10.9. The van der Waals surface area contributed by atoms with Gasteiger partial charge in [-0.2, -0.15) is 26.3 Å². The van der Waals surface area contributed by atoms with Crippen molar-refractivity contribution in [1.82, 2.24) is 0 Å². The Hall–Kier alpha value is -3.21. The van der Waals surface area contributed by atoms with Crippen LogP contribution in [0, 0.1) is 0 Å². The van der Waals surface area contributed by atoms with Crippen molar-refractivity contribution in [2.75, 3.05) is 0 Å². The highest BCUT2D eigenvalue weighted by molar-refractivity contribution is 7.99. The first-order valence-corrected chi connectivity index (χ1v) is 12.6. The number of carbonyl (C=O) groups is 1. The second-order valence-corrected chi connectivity index (χ2v) is 10.0. The van der Waals surface area contributed by atoms with Crippen LogP contribution < -0.4 is 0 Å². The molecule has 214 valence electrons. The van der Waals surface area contributed by atoms with Crippen LogP contribution in [0.1, 0.15) is 41.9 Å². The number of alkyl halides is 6. The number of carbonyl (C=O) groups excluding carboxylic acids is 1. The smallest absolute Gasteiger partial charge is 0.392 e. The average Bonchev–Trinajstić information content (AvgIpc) is 2.89. The summed E-state index contributed by atoms with van der Waals surface area (Å²) < 4.78 is 74.4. The molecule has 40 heavy (non-hydrogen) atoms. The van der Waals surface area contributed by atoms with E-state index >= 15 is 0 Å². The predicted octanol–water partition coefficient (Wildman–Crippen LogP) is 10.3. The van der Waals surface area contributed by atoms with E-state index in [9.17, 15) is 31.1 Å². The van der Waals surface area contributed by atoms with E-state index in [1.54, 1.807) is 36.4 Å². The van der Waals surface area contributed by atoms with Crippen LogP contribution in [0.15, 0.2) is 117 Å². The van der Waals surface area contributed by atoms with Gasteiger partial charge in [0.1, 0.15) is 6.29 Å². The molecule has 0 bridgehead atoms. The summed E-state index contributed by atoms with van der Waals surface area (Å²) in [7, 11) is 0. The third-order valence-corrected chi connectivity index (χ3v) is 6.90. The van der Waals surface area contributed by atoms with Crippen LogP contribution in [0.4, 0.5) is 26.3 Å². The number of aliphatic hydroxyl groups excluding tert-OH is 1. The molecule has 4 aromatic rings. The normalized spacial score (nSPS) is 10.9. The molecule has 0 heterocycles. The van der Waals surface area contributed by atoms with Gasteiger partial charge in [-0.25, -0.2) is 0 Å². The Labute approximate surface area is 238 Å². The second-order valence-electron chi connectivity index (χ2n) is 7.74. The molecule has 0 radical (unpaired) electrons. The van der Waals surface area contributed by atoms with E-state index in [0.29, 0.717) is 10.5 Å². The van der Waals surface area contributed by atoms with Crippen molar-refractivity contribution in [3.63, 3.8) is 0 Å². The molecule has 0 aliphatic carbocycles. The van der Waals surface area contributed by atoms with Crippen molar-refractivity contribution in [3.05, 3.63) is 119 Å². The van der Waals surface area contributed by atoms with Crippen LogP contribution in [0.3, 0.4) is 0 Å². The molecule has 4 rings (SSSR count). The zero-order chi connectivity index (χ0) is 27.8. The van der Waals surface area contributed by atoms with E-state index in [0.717, 1.165) is 50.8 Å². The highest BCUT2D eigenvalue weighted by Gasteiger charge is 2.30. The maximum absolute atomic E-state index is 12.4. The molecule has 0 fully saturated rings. The maximum atomic E-state index is 12.4. The lowest BCUT2D eigenvalue weighted by Crippen LogP contribution is -2.03. The monoisotopic (exact) mass is 598 g/mol. The summed E-state index contributed by atoms with van der Waals surface area (Å²) in [5.41, 5.74) is -0.00623. The summed E-state index contributed by atoms with van der Waals surface area (Å²) in [6.07, 6.45) is -7.89. The maximum Gasteiger partial charge on any atom is 0.416 e. The molecule has 0 aliphatic heterocycles. The SMILES string of the molecule is C.C.O=Cc1cccc(Sc2ccc(C(F)(F)F)cc2)c1.OCc1cccc(Sc2ccc(C(F)(F)F)cc2)c1. The highest BCUT2D eigenvalue weighted by atomic mass is 32.2. The number of aldehydes is 1. The number of rotatable bonds is 6. The quantitative estimate of drug-likeness (QED) is 0.177. The molecule has 0 saturated heterocycles. The topological polar surface area (TPSA) is 37.3 Å². The van der Waals surface area contributed by atoms with Crippen LogP contribution >= 0.6 is 23.5 Å². The molecule has 0 saturated carbocycles. The summed E-state index contributed by atoms with van der Waals surface area (Å²) >= 11 is 2.67. The summed E-state index contributed by atoms with van der Waals surface area (Å²) in [6.45, 7) is -0.0542. The third kappa shape index (κ3) is 10.7. The number of hydrogen-bond acceptors (Lipinski definition) is 4. The lowest BCUT2D eigenvalue weighted by molar-refractivity contribution is -0.138. The van der Waals surface area contributed by atoms with Gasteiger partial charge in [0, 0.05) is 25.1 Å². The molecular formula is C30H28F6O2S2.